The van der Waals surface area contributed by atoms with E-state index < -0.39 is 0 Å². The maximum atomic E-state index is 4.46. The Bertz CT molecular complexity index is 376. The molecule has 110 valence electrons. The highest BCUT2D eigenvalue weighted by molar-refractivity contribution is 14.0. The fourth-order valence-electron chi connectivity index (χ4n) is 1.59. The second-order valence-electron chi connectivity index (χ2n) is 4.64. The Balaban J connectivity index is 0.00000324. The van der Waals surface area contributed by atoms with Crippen LogP contribution in [-0.4, -0.2) is 30.6 Å². The molecule has 0 amide bonds. The van der Waals surface area contributed by atoms with Gasteiger partial charge in [-0.3, -0.25) is 4.99 Å². The highest BCUT2D eigenvalue weighted by Crippen LogP contribution is 2.11. The van der Waals surface area contributed by atoms with Gasteiger partial charge in [-0.25, -0.2) is 4.98 Å². The molecule has 19 heavy (non-hydrogen) atoms. The number of rotatable bonds is 6. The SMILES string of the molecule is CN=C(NCCCCc1nc(C)cs1)NC(C)C.I. The largest absolute Gasteiger partial charge is 0.356 e. The molecule has 0 spiro atoms. The molecule has 1 aromatic heterocycles. The summed E-state index contributed by atoms with van der Waals surface area (Å²) in [4.78, 5) is 8.63. The third-order valence-corrected chi connectivity index (χ3v) is 3.45. The van der Waals surface area contributed by atoms with Crippen molar-refractivity contribution in [2.45, 2.75) is 46.1 Å². The van der Waals surface area contributed by atoms with Gasteiger partial charge in [-0.2, -0.15) is 0 Å². The summed E-state index contributed by atoms with van der Waals surface area (Å²) in [6.07, 6.45) is 3.38. The van der Waals surface area contributed by atoms with Crippen LogP contribution in [0, 0.1) is 6.92 Å². The van der Waals surface area contributed by atoms with E-state index in [-0.39, 0.29) is 24.0 Å². The summed E-state index contributed by atoms with van der Waals surface area (Å²) >= 11 is 1.76. The number of aryl methyl sites for hydroxylation is 2. The maximum Gasteiger partial charge on any atom is 0.191 e. The molecule has 0 saturated heterocycles. The van der Waals surface area contributed by atoms with E-state index in [2.05, 4.69) is 39.8 Å². The van der Waals surface area contributed by atoms with E-state index in [9.17, 15) is 0 Å². The summed E-state index contributed by atoms with van der Waals surface area (Å²) in [7, 11) is 1.80. The monoisotopic (exact) mass is 396 g/mol. The van der Waals surface area contributed by atoms with Crippen LogP contribution in [0.3, 0.4) is 0 Å². The summed E-state index contributed by atoms with van der Waals surface area (Å²) in [6, 6.07) is 0.412. The van der Waals surface area contributed by atoms with Crippen molar-refractivity contribution in [3.8, 4) is 0 Å². The third kappa shape index (κ3) is 8.41. The molecule has 0 bridgehead atoms. The Hall–Kier alpha value is -0.370. The number of nitrogens with one attached hydrogen (secondary N) is 2. The minimum absolute atomic E-state index is 0. The standard InChI is InChI=1S/C13H24N4S.HI/c1-10(2)16-13(14-4)15-8-6-5-7-12-17-11(3)9-18-12;/h9-10H,5-8H2,1-4H3,(H2,14,15,16);1H. The van der Waals surface area contributed by atoms with E-state index in [0.717, 1.165) is 31.0 Å². The first-order valence-electron chi connectivity index (χ1n) is 6.50. The minimum Gasteiger partial charge on any atom is -0.356 e. The Kier molecular flexibility index (Phi) is 10.2. The summed E-state index contributed by atoms with van der Waals surface area (Å²) in [5.41, 5.74) is 1.13. The lowest BCUT2D eigenvalue weighted by molar-refractivity contribution is 0.666. The van der Waals surface area contributed by atoms with Crippen molar-refractivity contribution in [3.63, 3.8) is 0 Å². The van der Waals surface area contributed by atoms with Crippen molar-refractivity contribution in [2.24, 2.45) is 4.99 Å². The molecule has 0 aromatic carbocycles. The van der Waals surface area contributed by atoms with Crippen molar-refractivity contribution >= 4 is 41.3 Å². The Morgan fingerprint density at radius 1 is 1.42 bits per heavy atom. The minimum atomic E-state index is 0. The van der Waals surface area contributed by atoms with Gasteiger partial charge in [0.15, 0.2) is 5.96 Å². The van der Waals surface area contributed by atoms with E-state index in [4.69, 9.17) is 0 Å². The first kappa shape index (κ1) is 18.6. The van der Waals surface area contributed by atoms with E-state index in [1.807, 2.05) is 6.92 Å². The topological polar surface area (TPSA) is 49.3 Å². The zero-order valence-corrected chi connectivity index (χ0v) is 15.3. The van der Waals surface area contributed by atoms with Crippen LogP contribution in [0.1, 0.15) is 37.4 Å². The number of nitrogens with zero attached hydrogens (tertiary/aromatic N) is 2. The first-order chi connectivity index (χ1) is 8.61. The zero-order chi connectivity index (χ0) is 13.4. The highest BCUT2D eigenvalue weighted by atomic mass is 127. The van der Waals surface area contributed by atoms with Crippen molar-refractivity contribution in [2.75, 3.05) is 13.6 Å². The van der Waals surface area contributed by atoms with E-state index in [1.165, 1.54) is 11.4 Å². The van der Waals surface area contributed by atoms with E-state index in [0.29, 0.717) is 6.04 Å². The van der Waals surface area contributed by atoms with Gasteiger partial charge in [-0.05, 0) is 40.0 Å². The molecule has 0 saturated carbocycles. The molecule has 2 N–H and O–H groups in total. The Morgan fingerprint density at radius 3 is 2.68 bits per heavy atom. The van der Waals surface area contributed by atoms with Gasteiger partial charge in [0.2, 0.25) is 0 Å². The molecule has 0 aliphatic rings. The number of aliphatic imine (C=N–C) groups is 1. The lowest BCUT2D eigenvalue weighted by Crippen LogP contribution is -2.41. The van der Waals surface area contributed by atoms with Crippen LogP contribution in [0.15, 0.2) is 10.4 Å². The van der Waals surface area contributed by atoms with Crippen molar-refractivity contribution in [3.05, 3.63) is 16.1 Å². The molecule has 1 rings (SSSR count). The molecule has 0 radical (unpaired) electrons. The summed E-state index contributed by atoms with van der Waals surface area (Å²) in [5, 5.41) is 9.94. The van der Waals surface area contributed by atoms with Gasteiger partial charge in [0.25, 0.3) is 0 Å². The highest BCUT2D eigenvalue weighted by Gasteiger charge is 2.00. The summed E-state index contributed by atoms with van der Waals surface area (Å²) in [5.74, 6) is 0.884. The molecule has 4 nitrogen and oxygen atoms in total. The third-order valence-electron chi connectivity index (χ3n) is 2.43. The molecule has 6 heteroatoms. The molecular formula is C13H25IN4S. The van der Waals surface area contributed by atoms with Gasteiger partial charge in [0.05, 0.1) is 5.01 Å². The molecule has 1 aromatic rings. The van der Waals surface area contributed by atoms with Crippen molar-refractivity contribution in [1.29, 1.82) is 0 Å². The average molecular weight is 396 g/mol. The summed E-state index contributed by atoms with van der Waals surface area (Å²) < 4.78 is 0. The predicted molar refractivity (Wildman–Crippen MR) is 94.8 cm³/mol. The molecular weight excluding hydrogens is 371 g/mol. The molecule has 0 fully saturated rings. The van der Waals surface area contributed by atoms with Gasteiger partial charge in [-0.1, -0.05) is 0 Å². The van der Waals surface area contributed by atoms with Gasteiger partial charge < -0.3 is 10.6 Å². The Morgan fingerprint density at radius 2 is 2.16 bits per heavy atom. The van der Waals surface area contributed by atoms with Crippen LogP contribution >= 0.6 is 35.3 Å². The fourth-order valence-corrected chi connectivity index (χ4v) is 2.41. The number of guanidine groups is 1. The van der Waals surface area contributed by atoms with Crippen LogP contribution in [0.2, 0.25) is 0 Å². The van der Waals surface area contributed by atoms with Gasteiger partial charge >= 0.3 is 0 Å². The number of thiazole rings is 1. The van der Waals surface area contributed by atoms with Crippen molar-refractivity contribution in [1.82, 2.24) is 15.6 Å². The number of aromatic nitrogens is 1. The lowest BCUT2D eigenvalue weighted by Gasteiger charge is -2.14. The van der Waals surface area contributed by atoms with Gasteiger partial charge in [-0.15, -0.1) is 35.3 Å². The predicted octanol–water partition coefficient (Wildman–Crippen LogP) is 2.97. The van der Waals surface area contributed by atoms with Crippen LogP contribution in [-0.2, 0) is 6.42 Å². The number of hydrogen-bond acceptors (Lipinski definition) is 3. The number of unbranched alkanes of at least 4 members (excludes halogenated alkanes) is 1. The number of hydrogen-bond donors (Lipinski definition) is 2. The Labute approximate surface area is 137 Å². The fraction of sp³-hybridized carbons (Fsp3) is 0.692. The van der Waals surface area contributed by atoms with Crippen LogP contribution in [0.4, 0.5) is 0 Å². The van der Waals surface area contributed by atoms with E-state index in [1.54, 1.807) is 18.4 Å². The lowest BCUT2D eigenvalue weighted by atomic mass is 10.2. The molecule has 0 atom stereocenters. The zero-order valence-electron chi connectivity index (χ0n) is 12.2. The average Bonchev–Trinajstić information content (AvgIpc) is 2.72. The van der Waals surface area contributed by atoms with Gasteiger partial charge in [0.1, 0.15) is 0 Å². The normalized spacial score (nSPS) is 11.3. The van der Waals surface area contributed by atoms with E-state index >= 15 is 0 Å². The molecule has 0 aliphatic heterocycles. The van der Waals surface area contributed by atoms with Crippen LogP contribution in [0.5, 0.6) is 0 Å². The maximum absolute atomic E-state index is 4.46. The quantitative estimate of drug-likeness (QED) is 0.337. The van der Waals surface area contributed by atoms with Crippen molar-refractivity contribution < 1.29 is 0 Å². The first-order valence-corrected chi connectivity index (χ1v) is 7.38. The smallest absolute Gasteiger partial charge is 0.191 e. The van der Waals surface area contributed by atoms with Crippen LogP contribution in [0.25, 0.3) is 0 Å². The van der Waals surface area contributed by atoms with Crippen LogP contribution < -0.4 is 10.6 Å². The molecule has 1 heterocycles. The molecule has 0 unspecified atom stereocenters. The van der Waals surface area contributed by atoms with Gasteiger partial charge in [0, 0.05) is 30.7 Å². The number of halogens is 1. The summed E-state index contributed by atoms with van der Waals surface area (Å²) in [6.45, 7) is 7.22. The molecule has 0 aliphatic carbocycles. The second-order valence-corrected chi connectivity index (χ2v) is 5.58. The second kappa shape index (κ2) is 10.4.